The molecule has 4 nitrogen and oxygen atoms in total. The lowest BCUT2D eigenvalue weighted by Gasteiger charge is -2.20. The van der Waals surface area contributed by atoms with Gasteiger partial charge in [0.1, 0.15) is 5.82 Å². The summed E-state index contributed by atoms with van der Waals surface area (Å²) in [5.41, 5.74) is 2.28. The fourth-order valence-corrected chi connectivity index (χ4v) is 2.59. The fraction of sp³-hybridized carbons (Fsp3) is 0.400. The predicted octanol–water partition coefficient (Wildman–Crippen LogP) is 2.94. The van der Waals surface area contributed by atoms with E-state index in [4.69, 9.17) is 16.3 Å². The highest BCUT2D eigenvalue weighted by molar-refractivity contribution is 6.31. The molecule has 114 valence electrons. The van der Waals surface area contributed by atoms with Crippen LogP contribution in [-0.2, 0) is 11.3 Å². The number of methoxy groups -OCH3 is 1. The molecule has 0 aliphatic carbocycles. The maximum Gasteiger partial charge on any atom is 0.128 e. The van der Waals surface area contributed by atoms with Crippen LogP contribution in [0.5, 0.6) is 0 Å². The molecule has 0 amide bonds. The Bertz CT molecular complexity index is 615. The summed E-state index contributed by atoms with van der Waals surface area (Å²) in [6.45, 7) is 3.00. The third-order valence-electron chi connectivity index (χ3n) is 3.37. The van der Waals surface area contributed by atoms with Crippen molar-refractivity contribution in [2.24, 2.45) is 0 Å². The summed E-state index contributed by atoms with van der Waals surface area (Å²) in [7, 11) is 3.40. The highest BCUT2D eigenvalue weighted by Gasteiger charge is 2.23. The molecule has 6 heteroatoms. The lowest BCUT2D eigenvalue weighted by Crippen LogP contribution is -2.24. The number of hydrogen-bond donors (Lipinski definition) is 1. The Labute approximate surface area is 128 Å². The maximum absolute atomic E-state index is 14.2. The van der Waals surface area contributed by atoms with E-state index in [0.717, 1.165) is 11.3 Å². The molecule has 2 rings (SSSR count). The molecule has 1 atom stereocenters. The van der Waals surface area contributed by atoms with E-state index in [1.807, 2.05) is 13.0 Å². The van der Waals surface area contributed by atoms with Crippen LogP contribution < -0.4 is 5.32 Å². The number of nitrogens with zero attached hydrogens (tertiary/aromatic N) is 2. The average molecular weight is 312 g/mol. The number of halogens is 2. The molecule has 0 spiro atoms. The van der Waals surface area contributed by atoms with Gasteiger partial charge in [0, 0.05) is 12.7 Å². The molecule has 0 aliphatic rings. The molecule has 1 unspecified atom stereocenters. The van der Waals surface area contributed by atoms with Crippen molar-refractivity contribution in [2.45, 2.75) is 19.5 Å². The first kappa shape index (κ1) is 15.9. The Morgan fingerprint density at radius 2 is 2.24 bits per heavy atom. The highest BCUT2D eigenvalue weighted by atomic mass is 35.5. The van der Waals surface area contributed by atoms with Crippen molar-refractivity contribution in [3.05, 3.63) is 52.1 Å². The van der Waals surface area contributed by atoms with Crippen LogP contribution in [0.25, 0.3) is 0 Å². The summed E-state index contributed by atoms with van der Waals surface area (Å²) in [5, 5.41) is 7.87. The topological polar surface area (TPSA) is 39.1 Å². The van der Waals surface area contributed by atoms with E-state index in [2.05, 4.69) is 10.4 Å². The van der Waals surface area contributed by atoms with Crippen molar-refractivity contribution in [2.75, 3.05) is 20.8 Å². The summed E-state index contributed by atoms with van der Waals surface area (Å²) in [6, 6.07) is 4.67. The molecule has 1 aromatic carbocycles. The van der Waals surface area contributed by atoms with Crippen LogP contribution in [0.15, 0.2) is 24.4 Å². The van der Waals surface area contributed by atoms with Crippen LogP contribution in [0.3, 0.4) is 0 Å². The van der Waals surface area contributed by atoms with E-state index in [0.29, 0.717) is 23.7 Å². The van der Waals surface area contributed by atoms with Gasteiger partial charge in [-0.3, -0.25) is 4.68 Å². The van der Waals surface area contributed by atoms with Gasteiger partial charge < -0.3 is 10.1 Å². The van der Waals surface area contributed by atoms with Crippen molar-refractivity contribution >= 4 is 11.6 Å². The Balaban J connectivity index is 2.46. The molecule has 21 heavy (non-hydrogen) atoms. The molecule has 0 radical (unpaired) electrons. The SMILES string of the molecule is CNC(c1cc(C)ccc1F)c1c(Cl)cnn1CCOC. The molecule has 1 aromatic heterocycles. The normalized spacial score (nSPS) is 12.6. The summed E-state index contributed by atoms with van der Waals surface area (Å²) < 4.78 is 21.0. The summed E-state index contributed by atoms with van der Waals surface area (Å²) in [5.74, 6) is -0.268. The number of nitrogens with one attached hydrogen (secondary N) is 1. The van der Waals surface area contributed by atoms with Crippen LogP contribution in [0, 0.1) is 12.7 Å². The fourth-order valence-electron chi connectivity index (χ4n) is 2.34. The van der Waals surface area contributed by atoms with Gasteiger partial charge >= 0.3 is 0 Å². The zero-order valence-corrected chi connectivity index (χ0v) is 13.1. The molecule has 1 heterocycles. The van der Waals surface area contributed by atoms with Gasteiger partial charge in [0.15, 0.2) is 0 Å². The molecule has 2 aromatic rings. The first-order valence-electron chi connectivity index (χ1n) is 6.72. The van der Waals surface area contributed by atoms with Gasteiger partial charge in [-0.2, -0.15) is 5.10 Å². The van der Waals surface area contributed by atoms with E-state index < -0.39 is 0 Å². The van der Waals surface area contributed by atoms with Crippen LogP contribution in [0.1, 0.15) is 22.9 Å². The van der Waals surface area contributed by atoms with Gasteiger partial charge in [-0.25, -0.2) is 4.39 Å². The zero-order chi connectivity index (χ0) is 15.4. The first-order chi connectivity index (χ1) is 10.1. The van der Waals surface area contributed by atoms with E-state index in [9.17, 15) is 4.39 Å². The van der Waals surface area contributed by atoms with Gasteiger partial charge in [0.25, 0.3) is 0 Å². The Morgan fingerprint density at radius 3 is 2.90 bits per heavy atom. The maximum atomic E-state index is 14.2. The standard InChI is InChI=1S/C15H19ClFN3O/c1-10-4-5-13(17)11(8-10)14(18-2)15-12(16)9-19-20(15)6-7-21-3/h4-5,8-9,14,18H,6-7H2,1-3H3. The number of ether oxygens (including phenoxy) is 1. The minimum Gasteiger partial charge on any atom is -0.383 e. The number of benzene rings is 1. The highest BCUT2D eigenvalue weighted by Crippen LogP contribution is 2.30. The summed E-state index contributed by atoms with van der Waals surface area (Å²) in [6.07, 6.45) is 1.57. The van der Waals surface area contributed by atoms with Crippen LogP contribution >= 0.6 is 11.6 Å². The molecule has 0 fully saturated rings. The van der Waals surface area contributed by atoms with Gasteiger partial charge in [-0.15, -0.1) is 0 Å². The average Bonchev–Trinajstić information content (AvgIpc) is 2.83. The Kier molecular flexibility index (Phi) is 5.33. The zero-order valence-electron chi connectivity index (χ0n) is 12.4. The smallest absolute Gasteiger partial charge is 0.128 e. The molecular formula is C15H19ClFN3O. The third-order valence-corrected chi connectivity index (χ3v) is 3.66. The second kappa shape index (κ2) is 7.02. The molecule has 0 aliphatic heterocycles. The second-order valence-corrected chi connectivity index (χ2v) is 5.25. The monoisotopic (exact) mass is 311 g/mol. The van der Waals surface area contributed by atoms with E-state index >= 15 is 0 Å². The molecular weight excluding hydrogens is 293 g/mol. The van der Waals surface area contributed by atoms with Crippen LogP contribution in [0.4, 0.5) is 4.39 Å². The largest absolute Gasteiger partial charge is 0.383 e. The third kappa shape index (κ3) is 3.43. The van der Waals surface area contributed by atoms with Crippen molar-refractivity contribution in [1.82, 2.24) is 15.1 Å². The van der Waals surface area contributed by atoms with E-state index in [1.165, 1.54) is 6.07 Å². The van der Waals surface area contributed by atoms with Gasteiger partial charge in [0.05, 0.1) is 36.1 Å². The van der Waals surface area contributed by atoms with Gasteiger partial charge in [-0.1, -0.05) is 29.3 Å². The molecule has 0 saturated carbocycles. The minimum absolute atomic E-state index is 0.268. The van der Waals surface area contributed by atoms with Crippen molar-refractivity contribution in [1.29, 1.82) is 0 Å². The lowest BCUT2D eigenvalue weighted by atomic mass is 10.0. The summed E-state index contributed by atoms with van der Waals surface area (Å²) in [4.78, 5) is 0. The molecule has 0 bridgehead atoms. The predicted molar refractivity (Wildman–Crippen MR) is 81.2 cm³/mol. The Morgan fingerprint density at radius 1 is 1.48 bits per heavy atom. The van der Waals surface area contributed by atoms with Gasteiger partial charge in [0.2, 0.25) is 0 Å². The Hall–Kier alpha value is -1.43. The van der Waals surface area contributed by atoms with E-state index in [1.54, 1.807) is 31.1 Å². The molecule has 0 saturated heterocycles. The quantitative estimate of drug-likeness (QED) is 0.891. The van der Waals surface area contributed by atoms with E-state index in [-0.39, 0.29) is 11.9 Å². The first-order valence-corrected chi connectivity index (χ1v) is 7.09. The minimum atomic E-state index is -0.364. The van der Waals surface area contributed by atoms with Crippen molar-refractivity contribution in [3.63, 3.8) is 0 Å². The number of aryl methyl sites for hydroxylation is 1. The number of aromatic nitrogens is 2. The van der Waals surface area contributed by atoms with Crippen molar-refractivity contribution in [3.8, 4) is 0 Å². The number of hydrogen-bond acceptors (Lipinski definition) is 3. The lowest BCUT2D eigenvalue weighted by molar-refractivity contribution is 0.182. The second-order valence-electron chi connectivity index (χ2n) is 4.84. The molecule has 1 N–H and O–H groups in total. The number of rotatable bonds is 6. The van der Waals surface area contributed by atoms with Crippen LogP contribution in [-0.4, -0.2) is 30.5 Å². The van der Waals surface area contributed by atoms with Gasteiger partial charge in [-0.05, 0) is 20.0 Å². The summed E-state index contributed by atoms with van der Waals surface area (Å²) >= 11 is 6.25. The van der Waals surface area contributed by atoms with Crippen molar-refractivity contribution < 1.29 is 9.13 Å². The van der Waals surface area contributed by atoms with Crippen LogP contribution in [0.2, 0.25) is 5.02 Å².